The Labute approximate surface area is 111 Å². The molecular weight excluding hydrogens is 283 g/mol. The lowest BCUT2D eigenvalue weighted by atomic mass is 10.1. The van der Waals surface area contributed by atoms with Gasteiger partial charge in [0.2, 0.25) is 11.7 Å². The summed E-state index contributed by atoms with van der Waals surface area (Å²) < 4.78 is 36.5. The van der Waals surface area contributed by atoms with Crippen LogP contribution in [0, 0.1) is 6.92 Å². The summed E-state index contributed by atoms with van der Waals surface area (Å²) in [5.41, 5.74) is 0. The molecule has 1 aromatic rings. The molecule has 2 heterocycles. The van der Waals surface area contributed by atoms with Crippen molar-refractivity contribution in [2.24, 2.45) is 0 Å². The van der Waals surface area contributed by atoms with Crippen LogP contribution >= 0.6 is 0 Å². The van der Waals surface area contributed by atoms with Gasteiger partial charge in [0.05, 0.1) is 0 Å². The van der Waals surface area contributed by atoms with Crippen molar-refractivity contribution in [3.05, 3.63) is 11.7 Å². The van der Waals surface area contributed by atoms with Crippen molar-refractivity contribution in [3.8, 4) is 0 Å². The highest BCUT2D eigenvalue weighted by atomic mass is 19.4. The number of hydrogen-bond donors (Lipinski definition) is 3. The van der Waals surface area contributed by atoms with Gasteiger partial charge in [0.25, 0.3) is 0 Å². The van der Waals surface area contributed by atoms with E-state index in [2.05, 4.69) is 15.5 Å². The Morgan fingerprint density at radius 2 is 2.15 bits per heavy atom. The van der Waals surface area contributed by atoms with Gasteiger partial charge in [-0.2, -0.15) is 18.2 Å². The zero-order valence-corrected chi connectivity index (χ0v) is 10.5. The second-order valence-corrected chi connectivity index (χ2v) is 4.12. The number of carboxylic acids is 1. The number of aryl methyl sites for hydroxylation is 1. The summed E-state index contributed by atoms with van der Waals surface area (Å²) in [5, 5.41) is 23.8. The van der Waals surface area contributed by atoms with E-state index in [9.17, 15) is 18.3 Å². The maximum atomic E-state index is 10.6. The highest BCUT2D eigenvalue weighted by molar-refractivity contribution is 5.73. The number of aliphatic hydroxyl groups excluding tert-OH is 1. The van der Waals surface area contributed by atoms with E-state index in [1.165, 1.54) is 0 Å². The Morgan fingerprint density at radius 3 is 2.50 bits per heavy atom. The smallest absolute Gasteiger partial charge is 0.475 e. The van der Waals surface area contributed by atoms with Gasteiger partial charge in [0, 0.05) is 13.0 Å². The Kier molecular flexibility index (Phi) is 5.45. The molecule has 1 fully saturated rings. The SMILES string of the molecule is Cc1nc([C@@H](O)C2CCCN2)no1.O=C(O)C(F)(F)F. The third kappa shape index (κ3) is 4.78. The number of carboxylic acid groups (broad SMARTS) is 1. The first-order valence-electron chi connectivity index (χ1n) is 5.73. The number of aliphatic hydroxyl groups is 1. The highest BCUT2D eigenvalue weighted by Crippen LogP contribution is 2.20. The zero-order valence-electron chi connectivity index (χ0n) is 10.5. The van der Waals surface area contributed by atoms with Crippen LogP contribution in [-0.2, 0) is 4.79 Å². The average Bonchev–Trinajstić information content (AvgIpc) is 2.98. The quantitative estimate of drug-likeness (QED) is 0.740. The molecule has 0 bridgehead atoms. The average molecular weight is 297 g/mol. The Bertz CT molecular complexity index is 443. The van der Waals surface area contributed by atoms with Crippen molar-refractivity contribution in [1.29, 1.82) is 0 Å². The normalized spacial score (nSPS) is 20.1. The van der Waals surface area contributed by atoms with Gasteiger partial charge in [-0.3, -0.25) is 0 Å². The van der Waals surface area contributed by atoms with Crippen LogP contribution < -0.4 is 5.32 Å². The molecule has 0 aliphatic carbocycles. The lowest BCUT2D eigenvalue weighted by Crippen LogP contribution is -2.29. The third-order valence-electron chi connectivity index (χ3n) is 2.53. The maximum Gasteiger partial charge on any atom is 0.490 e. The minimum atomic E-state index is -5.08. The molecule has 10 heteroatoms. The van der Waals surface area contributed by atoms with Gasteiger partial charge in [0.1, 0.15) is 6.10 Å². The number of alkyl halides is 3. The van der Waals surface area contributed by atoms with Crippen LogP contribution in [0.15, 0.2) is 4.52 Å². The topological polar surface area (TPSA) is 108 Å². The minimum absolute atomic E-state index is 0.0806. The van der Waals surface area contributed by atoms with Crippen LogP contribution in [0.25, 0.3) is 0 Å². The van der Waals surface area contributed by atoms with Crippen LogP contribution in [0.4, 0.5) is 13.2 Å². The molecular formula is C10H14F3N3O4. The summed E-state index contributed by atoms with van der Waals surface area (Å²) in [6.07, 6.45) is -3.66. The monoisotopic (exact) mass is 297 g/mol. The second-order valence-electron chi connectivity index (χ2n) is 4.12. The molecule has 0 saturated carbocycles. The third-order valence-corrected chi connectivity index (χ3v) is 2.53. The lowest BCUT2D eigenvalue weighted by Gasteiger charge is -2.13. The molecule has 20 heavy (non-hydrogen) atoms. The Hall–Kier alpha value is -1.68. The maximum absolute atomic E-state index is 10.6. The number of aromatic nitrogens is 2. The fourth-order valence-electron chi connectivity index (χ4n) is 1.60. The summed E-state index contributed by atoms with van der Waals surface area (Å²) in [7, 11) is 0. The first-order valence-corrected chi connectivity index (χ1v) is 5.73. The van der Waals surface area contributed by atoms with Gasteiger partial charge in [-0.25, -0.2) is 4.79 Å². The van der Waals surface area contributed by atoms with Crippen LogP contribution in [0.1, 0.15) is 30.7 Å². The van der Waals surface area contributed by atoms with Crippen LogP contribution in [-0.4, -0.2) is 45.1 Å². The van der Waals surface area contributed by atoms with E-state index in [0.29, 0.717) is 11.7 Å². The number of carbonyl (C=O) groups is 1. The summed E-state index contributed by atoms with van der Waals surface area (Å²) >= 11 is 0. The van der Waals surface area contributed by atoms with Crippen molar-refractivity contribution in [2.45, 2.75) is 38.1 Å². The molecule has 7 nitrogen and oxygen atoms in total. The summed E-state index contributed by atoms with van der Waals surface area (Å²) in [5.74, 6) is -1.88. The highest BCUT2D eigenvalue weighted by Gasteiger charge is 2.38. The molecule has 1 aliphatic rings. The van der Waals surface area contributed by atoms with Crippen molar-refractivity contribution in [1.82, 2.24) is 15.5 Å². The molecule has 0 amide bonds. The van der Waals surface area contributed by atoms with E-state index < -0.39 is 18.2 Å². The summed E-state index contributed by atoms with van der Waals surface area (Å²) in [4.78, 5) is 12.9. The van der Waals surface area contributed by atoms with Crippen molar-refractivity contribution >= 4 is 5.97 Å². The number of nitrogens with one attached hydrogen (secondary N) is 1. The van der Waals surface area contributed by atoms with Crippen LogP contribution in [0.2, 0.25) is 0 Å². The molecule has 114 valence electrons. The van der Waals surface area contributed by atoms with Gasteiger partial charge in [0.15, 0.2) is 0 Å². The van der Waals surface area contributed by atoms with E-state index in [4.69, 9.17) is 14.4 Å². The number of hydrogen-bond acceptors (Lipinski definition) is 6. The van der Waals surface area contributed by atoms with E-state index in [0.717, 1.165) is 19.4 Å². The van der Waals surface area contributed by atoms with Gasteiger partial charge in [-0.1, -0.05) is 5.16 Å². The minimum Gasteiger partial charge on any atom is -0.475 e. The zero-order chi connectivity index (χ0) is 15.3. The standard InChI is InChI=1S/C8H13N3O2.C2HF3O2/c1-5-10-8(11-13-5)7(12)6-3-2-4-9-6;3-2(4,5)1(6)7/h6-7,9,12H,2-4H2,1H3;(H,6,7)/t6?,7-;/m0./s1. The summed E-state index contributed by atoms with van der Waals surface area (Å²) in [6, 6.07) is 0.0806. The van der Waals surface area contributed by atoms with Crippen molar-refractivity contribution < 1.29 is 32.7 Å². The Balaban J connectivity index is 0.000000246. The number of rotatable bonds is 2. The molecule has 1 saturated heterocycles. The fraction of sp³-hybridized carbons (Fsp3) is 0.700. The predicted octanol–water partition coefficient (Wildman–Crippen LogP) is 0.797. The number of nitrogens with zero attached hydrogens (tertiary/aromatic N) is 2. The van der Waals surface area contributed by atoms with Crippen LogP contribution in [0.3, 0.4) is 0 Å². The summed E-state index contributed by atoms with van der Waals surface area (Å²) in [6.45, 7) is 2.67. The van der Waals surface area contributed by atoms with Crippen molar-refractivity contribution in [3.63, 3.8) is 0 Å². The number of halogens is 3. The predicted molar refractivity (Wildman–Crippen MR) is 58.7 cm³/mol. The molecule has 1 unspecified atom stereocenters. The van der Waals surface area contributed by atoms with Gasteiger partial charge in [-0.15, -0.1) is 0 Å². The molecule has 0 aromatic carbocycles. The van der Waals surface area contributed by atoms with E-state index in [-0.39, 0.29) is 6.04 Å². The molecule has 2 rings (SSSR count). The number of aliphatic carboxylic acids is 1. The molecule has 1 aliphatic heterocycles. The lowest BCUT2D eigenvalue weighted by molar-refractivity contribution is -0.192. The van der Waals surface area contributed by atoms with Gasteiger partial charge in [-0.05, 0) is 19.4 Å². The molecule has 0 radical (unpaired) electrons. The van der Waals surface area contributed by atoms with E-state index >= 15 is 0 Å². The fourth-order valence-corrected chi connectivity index (χ4v) is 1.60. The van der Waals surface area contributed by atoms with E-state index in [1.54, 1.807) is 6.92 Å². The first kappa shape index (κ1) is 16.4. The molecule has 0 spiro atoms. The molecule has 3 N–H and O–H groups in total. The molecule has 1 aromatic heterocycles. The van der Waals surface area contributed by atoms with Crippen molar-refractivity contribution in [2.75, 3.05) is 6.54 Å². The largest absolute Gasteiger partial charge is 0.490 e. The first-order chi connectivity index (χ1) is 9.21. The molecule has 2 atom stereocenters. The van der Waals surface area contributed by atoms with Crippen LogP contribution in [0.5, 0.6) is 0 Å². The van der Waals surface area contributed by atoms with E-state index in [1.807, 2.05) is 0 Å². The van der Waals surface area contributed by atoms with Gasteiger partial charge >= 0.3 is 12.1 Å². The second kappa shape index (κ2) is 6.66. The Morgan fingerprint density at radius 1 is 1.55 bits per heavy atom. The van der Waals surface area contributed by atoms with Gasteiger partial charge < -0.3 is 20.1 Å².